The molecule has 0 spiro atoms. The molecule has 0 radical (unpaired) electrons. The molecule has 4 rings (SSSR count). The number of hydrogen-bond acceptors (Lipinski definition) is 3. The van der Waals surface area contributed by atoms with Crippen LogP contribution in [0.1, 0.15) is 42.1 Å². The number of rotatable bonds is 4. The van der Waals surface area contributed by atoms with E-state index in [0.29, 0.717) is 24.4 Å². The Morgan fingerprint density at radius 3 is 2.86 bits per heavy atom. The maximum atomic E-state index is 12.9. The number of aromatic amines is 1. The summed E-state index contributed by atoms with van der Waals surface area (Å²) in [7, 11) is 0. The quantitative estimate of drug-likeness (QED) is 0.723. The van der Waals surface area contributed by atoms with E-state index >= 15 is 0 Å². The molecule has 1 saturated heterocycles. The Labute approximate surface area is 164 Å². The van der Waals surface area contributed by atoms with Crippen LogP contribution < -0.4 is 4.74 Å². The second-order valence-corrected chi connectivity index (χ2v) is 7.77. The molecule has 0 aliphatic carbocycles. The third-order valence-electron chi connectivity index (χ3n) is 5.42. The number of aromatic nitrogens is 1. The second-order valence-electron chi connectivity index (χ2n) is 7.77. The van der Waals surface area contributed by atoms with E-state index in [1.165, 1.54) is 5.56 Å². The molecular formula is C23H26N2O3. The minimum atomic E-state index is -0.713. The summed E-state index contributed by atoms with van der Waals surface area (Å²) >= 11 is 0. The Morgan fingerprint density at radius 2 is 2.07 bits per heavy atom. The van der Waals surface area contributed by atoms with E-state index in [-0.39, 0.29) is 18.6 Å². The summed E-state index contributed by atoms with van der Waals surface area (Å²) in [5.74, 6) is 1.13. The van der Waals surface area contributed by atoms with E-state index in [1.807, 2.05) is 48.7 Å². The van der Waals surface area contributed by atoms with Crippen molar-refractivity contribution in [3.05, 3.63) is 65.9 Å². The number of carbonyl (C=O) groups is 1. The van der Waals surface area contributed by atoms with Gasteiger partial charge in [0.05, 0.1) is 6.54 Å². The average molecular weight is 378 g/mol. The molecule has 3 aromatic rings. The van der Waals surface area contributed by atoms with Crippen molar-refractivity contribution in [1.82, 2.24) is 9.88 Å². The smallest absolute Gasteiger partial charge is 0.254 e. The van der Waals surface area contributed by atoms with Gasteiger partial charge < -0.3 is 19.7 Å². The molecule has 0 bridgehead atoms. The highest BCUT2D eigenvalue weighted by Crippen LogP contribution is 2.25. The number of fused-ring (bicyclic) bond motifs is 1. The lowest BCUT2D eigenvalue weighted by atomic mass is 10.0. The monoisotopic (exact) mass is 378 g/mol. The Balaban J connectivity index is 1.42. The normalized spacial score (nSPS) is 19.9. The SMILES string of the molecule is CC(C)c1cccc(O[C@@H]2CCN(C(=O)c3ccc4cc[nH]c4c3)C[C@H]2O)c1. The highest BCUT2D eigenvalue weighted by molar-refractivity contribution is 5.98. The second kappa shape index (κ2) is 7.68. The van der Waals surface area contributed by atoms with Gasteiger partial charge in [-0.2, -0.15) is 0 Å². The van der Waals surface area contributed by atoms with Crippen LogP contribution in [-0.2, 0) is 0 Å². The summed E-state index contributed by atoms with van der Waals surface area (Å²) in [5.41, 5.74) is 2.78. The van der Waals surface area contributed by atoms with E-state index in [0.717, 1.165) is 16.7 Å². The van der Waals surface area contributed by atoms with Crippen LogP contribution in [0.2, 0.25) is 0 Å². The zero-order chi connectivity index (χ0) is 19.7. The summed E-state index contributed by atoms with van der Waals surface area (Å²) in [5, 5.41) is 11.7. The number of ether oxygens (including phenoxy) is 1. The van der Waals surface area contributed by atoms with Crippen LogP contribution in [0.3, 0.4) is 0 Å². The van der Waals surface area contributed by atoms with Crippen molar-refractivity contribution >= 4 is 16.8 Å². The van der Waals surface area contributed by atoms with Crippen molar-refractivity contribution in [2.45, 2.75) is 38.4 Å². The van der Waals surface area contributed by atoms with Gasteiger partial charge in [0.25, 0.3) is 5.91 Å². The molecule has 28 heavy (non-hydrogen) atoms. The number of benzene rings is 2. The van der Waals surface area contributed by atoms with E-state index in [1.54, 1.807) is 4.90 Å². The number of β-amino-alcohol motifs (C(OH)–C–C–N with tert-alkyl or cyclic N) is 1. The fourth-order valence-corrected chi connectivity index (χ4v) is 3.72. The van der Waals surface area contributed by atoms with Crippen molar-refractivity contribution < 1.29 is 14.6 Å². The fraction of sp³-hybridized carbons (Fsp3) is 0.348. The number of likely N-dealkylation sites (tertiary alicyclic amines) is 1. The van der Waals surface area contributed by atoms with Crippen LogP contribution in [-0.4, -0.2) is 46.2 Å². The van der Waals surface area contributed by atoms with E-state index < -0.39 is 6.10 Å². The molecule has 1 aromatic heterocycles. The first-order chi connectivity index (χ1) is 13.5. The van der Waals surface area contributed by atoms with Crippen LogP contribution in [0.4, 0.5) is 0 Å². The Kier molecular flexibility index (Phi) is 5.09. The lowest BCUT2D eigenvalue weighted by Gasteiger charge is -2.36. The number of piperidine rings is 1. The first kappa shape index (κ1) is 18.6. The highest BCUT2D eigenvalue weighted by atomic mass is 16.5. The molecule has 0 saturated carbocycles. The molecule has 1 fully saturated rings. The molecule has 1 aliphatic rings. The van der Waals surface area contributed by atoms with Gasteiger partial charge in [0.15, 0.2) is 0 Å². The third kappa shape index (κ3) is 3.76. The summed E-state index contributed by atoms with van der Waals surface area (Å²) in [4.78, 5) is 17.7. The molecule has 2 heterocycles. The molecule has 2 N–H and O–H groups in total. The van der Waals surface area contributed by atoms with Gasteiger partial charge >= 0.3 is 0 Å². The Morgan fingerprint density at radius 1 is 1.21 bits per heavy atom. The molecule has 2 atom stereocenters. The van der Waals surface area contributed by atoms with Crippen molar-refractivity contribution in [2.24, 2.45) is 0 Å². The van der Waals surface area contributed by atoms with E-state index in [2.05, 4.69) is 24.9 Å². The highest BCUT2D eigenvalue weighted by Gasteiger charge is 2.32. The van der Waals surface area contributed by atoms with Gasteiger partial charge in [-0.3, -0.25) is 4.79 Å². The molecule has 146 valence electrons. The van der Waals surface area contributed by atoms with Gasteiger partial charge in [-0.15, -0.1) is 0 Å². The van der Waals surface area contributed by atoms with E-state index in [9.17, 15) is 9.90 Å². The van der Waals surface area contributed by atoms with Crippen LogP contribution in [0.15, 0.2) is 54.7 Å². The summed E-state index contributed by atoms with van der Waals surface area (Å²) in [6.45, 7) is 5.12. The standard InChI is InChI=1S/C23H26N2O3/c1-15(2)17-4-3-5-19(12-17)28-22-9-11-25(14-21(22)26)23(27)18-7-6-16-8-10-24-20(16)13-18/h3-8,10,12-13,15,21-22,24,26H,9,11,14H2,1-2H3/t21-,22-/m1/s1. The van der Waals surface area contributed by atoms with Crippen molar-refractivity contribution in [2.75, 3.05) is 13.1 Å². The molecule has 1 amide bonds. The number of aliphatic hydroxyl groups excluding tert-OH is 1. The van der Waals surface area contributed by atoms with Gasteiger partial charge in [-0.1, -0.05) is 32.0 Å². The van der Waals surface area contributed by atoms with Gasteiger partial charge in [0, 0.05) is 30.2 Å². The number of aliphatic hydroxyl groups is 1. The number of nitrogens with one attached hydrogen (secondary N) is 1. The average Bonchev–Trinajstić information content (AvgIpc) is 3.17. The van der Waals surface area contributed by atoms with Crippen molar-refractivity contribution in [3.8, 4) is 5.75 Å². The first-order valence-electron chi connectivity index (χ1n) is 9.82. The number of amides is 1. The Bertz CT molecular complexity index is 979. The van der Waals surface area contributed by atoms with Gasteiger partial charge in [0.1, 0.15) is 18.0 Å². The fourth-order valence-electron chi connectivity index (χ4n) is 3.72. The maximum Gasteiger partial charge on any atom is 0.254 e. The number of H-pyrrole nitrogens is 1. The van der Waals surface area contributed by atoms with Crippen LogP contribution in [0.25, 0.3) is 10.9 Å². The van der Waals surface area contributed by atoms with Crippen molar-refractivity contribution in [3.63, 3.8) is 0 Å². The molecule has 1 aliphatic heterocycles. The number of carbonyl (C=O) groups excluding carboxylic acids is 1. The van der Waals surface area contributed by atoms with Crippen LogP contribution in [0.5, 0.6) is 5.75 Å². The van der Waals surface area contributed by atoms with Gasteiger partial charge in [-0.25, -0.2) is 0 Å². The predicted molar refractivity (Wildman–Crippen MR) is 110 cm³/mol. The minimum Gasteiger partial charge on any atom is -0.488 e. The third-order valence-corrected chi connectivity index (χ3v) is 5.42. The molecule has 0 unspecified atom stereocenters. The molecule has 5 heteroatoms. The molecular weight excluding hydrogens is 352 g/mol. The lowest BCUT2D eigenvalue weighted by Crippen LogP contribution is -2.51. The van der Waals surface area contributed by atoms with E-state index in [4.69, 9.17) is 4.74 Å². The lowest BCUT2D eigenvalue weighted by molar-refractivity contribution is -0.0199. The molecule has 5 nitrogen and oxygen atoms in total. The summed E-state index contributed by atoms with van der Waals surface area (Å²) in [6.07, 6.45) is 1.44. The zero-order valence-corrected chi connectivity index (χ0v) is 16.3. The van der Waals surface area contributed by atoms with Gasteiger partial charge in [-0.05, 0) is 47.2 Å². The topological polar surface area (TPSA) is 65.6 Å². The summed E-state index contributed by atoms with van der Waals surface area (Å²) in [6, 6.07) is 15.6. The predicted octanol–water partition coefficient (Wildman–Crippen LogP) is 3.95. The number of hydrogen-bond donors (Lipinski definition) is 2. The summed E-state index contributed by atoms with van der Waals surface area (Å²) < 4.78 is 6.05. The maximum absolute atomic E-state index is 12.9. The molecule has 2 aromatic carbocycles. The van der Waals surface area contributed by atoms with Gasteiger partial charge in [0.2, 0.25) is 0 Å². The van der Waals surface area contributed by atoms with Crippen LogP contribution >= 0.6 is 0 Å². The van der Waals surface area contributed by atoms with Crippen LogP contribution in [0, 0.1) is 0 Å². The zero-order valence-electron chi connectivity index (χ0n) is 16.3. The minimum absolute atomic E-state index is 0.0594. The Hall–Kier alpha value is -2.79. The van der Waals surface area contributed by atoms with Crippen molar-refractivity contribution in [1.29, 1.82) is 0 Å². The largest absolute Gasteiger partial charge is 0.488 e. The number of nitrogens with zero attached hydrogens (tertiary/aromatic N) is 1. The first-order valence-corrected chi connectivity index (χ1v) is 9.82.